The average molecular weight is 298 g/mol. The first-order valence-corrected chi connectivity index (χ1v) is 10.6. The van der Waals surface area contributed by atoms with Crippen LogP contribution in [0, 0.1) is 0 Å². The van der Waals surface area contributed by atoms with Gasteiger partial charge in [-0.25, -0.2) is 0 Å². The molecule has 1 aliphatic rings. The fourth-order valence-electron chi connectivity index (χ4n) is 2.10. The lowest BCUT2D eigenvalue weighted by Gasteiger charge is -2.39. The molecule has 0 saturated carbocycles. The van der Waals surface area contributed by atoms with Crippen LogP contribution in [0.5, 0.6) is 0 Å². The minimum atomic E-state index is -1.74. The van der Waals surface area contributed by atoms with E-state index in [4.69, 9.17) is 9.16 Å². The van der Waals surface area contributed by atoms with Crippen molar-refractivity contribution >= 4 is 14.3 Å². The topological polar surface area (TPSA) is 35.5 Å². The van der Waals surface area contributed by atoms with Gasteiger partial charge < -0.3 is 9.16 Å². The Labute approximate surface area is 124 Å². The minimum absolute atomic E-state index is 0.0849. The largest absolute Gasteiger partial charge is 0.458 e. The summed E-state index contributed by atoms with van der Waals surface area (Å²) in [6, 6.07) is 0. The molecule has 0 N–H and O–H groups in total. The third-order valence-electron chi connectivity index (χ3n) is 4.34. The Morgan fingerprint density at radius 1 is 1.10 bits per heavy atom. The number of esters is 1. The normalized spacial score (nSPS) is 26.5. The summed E-state index contributed by atoms with van der Waals surface area (Å²) in [5.41, 5.74) is 0. The van der Waals surface area contributed by atoms with Gasteiger partial charge >= 0.3 is 5.97 Å². The van der Waals surface area contributed by atoms with Gasteiger partial charge in [-0.15, -0.1) is 0 Å². The SMILES string of the molecule is CC(=O)OC1/C=C\C(O[Si](C)(C)C(C)(C)C)CCCC1. The molecule has 0 fully saturated rings. The van der Waals surface area contributed by atoms with Crippen LogP contribution in [0.1, 0.15) is 53.4 Å². The van der Waals surface area contributed by atoms with E-state index in [2.05, 4.69) is 39.9 Å². The molecule has 0 aromatic carbocycles. The zero-order valence-corrected chi connectivity index (χ0v) is 14.9. The molecule has 2 unspecified atom stereocenters. The molecular formula is C16H30O3Si. The second-order valence-electron chi connectivity index (χ2n) is 7.23. The Morgan fingerprint density at radius 3 is 2.10 bits per heavy atom. The average Bonchev–Trinajstić information content (AvgIpc) is 2.24. The lowest BCUT2D eigenvalue weighted by atomic mass is 10.0. The lowest BCUT2D eigenvalue weighted by Crippen LogP contribution is -2.43. The van der Waals surface area contributed by atoms with Crippen LogP contribution in [0.15, 0.2) is 12.2 Å². The Morgan fingerprint density at radius 2 is 1.60 bits per heavy atom. The van der Waals surface area contributed by atoms with E-state index >= 15 is 0 Å². The smallest absolute Gasteiger partial charge is 0.303 e. The molecule has 0 aliphatic heterocycles. The van der Waals surface area contributed by atoms with E-state index in [1.54, 1.807) is 0 Å². The van der Waals surface area contributed by atoms with Crippen LogP contribution in [-0.4, -0.2) is 26.5 Å². The van der Waals surface area contributed by atoms with Gasteiger partial charge in [-0.3, -0.25) is 4.79 Å². The monoisotopic (exact) mass is 298 g/mol. The molecule has 0 aromatic heterocycles. The predicted octanol–water partition coefficient (Wildman–Crippen LogP) is 4.44. The fraction of sp³-hybridized carbons (Fsp3) is 0.812. The molecule has 0 bridgehead atoms. The molecular weight excluding hydrogens is 268 g/mol. The van der Waals surface area contributed by atoms with Crippen molar-refractivity contribution in [1.29, 1.82) is 0 Å². The minimum Gasteiger partial charge on any atom is -0.458 e. The van der Waals surface area contributed by atoms with Crippen molar-refractivity contribution in [3.63, 3.8) is 0 Å². The second kappa shape index (κ2) is 6.90. The van der Waals surface area contributed by atoms with E-state index < -0.39 is 8.32 Å². The number of hydrogen-bond donors (Lipinski definition) is 0. The van der Waals surface area contributed by atoms with Gasteiger partial charge in [-0.05, 0) is 43.5 Å². The highest BCUT2D eigenvalue weighted by Crippen LogP contribution is 2.38. The molecule has 20 heavy (non-hydrogen) atoms. The molecule has 2 atom stereocenters. The maximum Gasteiger partial charge on any atom is 0.303 e. The summed E-state index contributed by atoms with van der Waals surface area (Å²) in [6.45, 7) is 12.8. The first-order chi connectivity index (χ1) is 9.12. The van der Waals surface area contributed by atoms with Crippen molar-refractivity contribution < 1.29 is 14.0 Å². The third kappa shape index (κ3) is 5.41. The van der Waals surface area contributed by atoms with Crippen LogP contribution < -0.4 is 0 Å². The quantitative estimate of drug-likeness (QED) is 0.439. The van der Waals surface area contributed by atoms with Gasteiger partial charge in [0.05, 0.1) is 6.10 Å². The molecule has 3 nitrogen and oxygen atoms in total. The molecule has 0 heterocycles. The van der Waals surface area contributed by atoms with Crippen LogP contribution in [0.3, 0.4) is 0 Å². The van der Waals surface area contributed by atoms with Gasteiger partial charge in [0, 0.05) is 6.92 Å². The van der Waals surface area contributed by atoms with Crippen molar-refractivity contribution in [2.45, 2.75) is 83.7 Å². The summed E-state index contributed by atoms with van der Waals surface area (Å²) in [7, 11) is -1.74. The number of rotatable bonds is 3. The van der Waals surface area contributed by atoms with Gasteiger partial charge in [0.25, 0.3) is 0 Å². The maximum atomic E-state index is 11.1. The highest BCUT2D eigenvalue weighted by atomic mass is 28.4. The summed E-state index contributed by atoms with van der Waals surface area (Å²) in [4.78, 5) is 11.1. The number of hydrogen-bond acceptors (Lipinski definition) is 3. The van der Waals surface area contributed by atoms with E-state index in [0.717, 1.165) is 25.7 Å². The Kier molecular flexibility index (Phi) is 6.01. The summed E-state index contributed by atoms with van der Waals surface area (Å²) < 4.78 is 11.7. The van der Waals surface area contributed by atoms with E-state index in [0.29, 0.717) is 0 Å². The van der Waals surface area contributed by atoms with E-state index in [1.807, 2.05) is 6.08 Å². The fourth-order valence-corrected chi connectivity index (χ4v) is 3.40. The molecule has 1 aliphatic carbocycles. The molecule has 0 radical (unpaired) electrons. The zero-order valence-electron chi connectivity index (χ0n) is 13.9. The van der Waals surface area contributed by atoms with Crippen molar-refractivity contribution in [3.05, 3.63) is 12.2 Å². The van der Waals surface area contributed by atoms with Crippen LogP contribution in [0.2, 0.25) is 18.1 Å². The second-order valence-corrected chi connectivity index (χ2v) is 12.0. The number of ether oxygens (including phenoxy) is 1. The van der Waals surface area contributed by atoms with E-state index in [-0.39, 0.29) is 23.2 Å². The van der Waals surface area contributed by atoms with E-state index in [9.17, 15) is 4.79 Å². The maximum absolute atomic E-state index is 11.1. The van der Waals surface area contributed by atoms with Crippen molar-refractivity contribution in [1.82, 2.24) is 0 Å². The lowest BCUT2D eigenvalue weighted by molar-refractivity contribution is -0.144. The summed E-state index contributed by atoms with van der Waals surface area (Å²) in [5, 5.41) is 0.221. The van der Waals surface area contributed by atoms with Crippen molar-refractivity contribution in [2.75, 3.05) is 0 Å². The Hall–Kier alpha value is -0.613. The Bertz CT molecular complexity index is 355. The standard InChI is InChI=1S/C16H30O3Si/c1-13(17)18-14-9-7-8-10-15(12-11-14)19-20(5,6)16(2,3)4/h11-12,14-15H,7-10H2,1-6H3/b12-11-. The Balaban J connectivity index is 2.70. The van der Waals surface area contributed by atoms with Crippen LogP contribution >= 0.6 is 0 Å². The molecule has 0 amide bonds. The van der Waals surface area contributed by atoms with Gasteiger partial charge in [0.1, 0.15) is 6.10 Å². The predicted molar refractivity (Wildman–Crippen MR) is 85.2 cm³/mol. The highest BCUT2D eigenvalue weighted by Gasteiger charge is 2.38. The molecule has 0 spiro atoms. The summed E-state index contributed by atoms with van der Waals surface area (Å²) in [5.74, 6) is -0.206. The first-order valence-electron chi connectivity index (χ1n) is 7.65. The molecule has 4 heteroatoms. The summed E-state index contributed by atoms with van der Waals surface area (Å²) in [6.07, 6.45) is 8.39. The van der Waals surface area contributed by atoms with Crippen molar-refractivity contribution in [2.24, 2.45) is 0 Å². The van der Waals surface area contributed by atoms with Gasteiger partial charge in [0.15, 0.2) is 8.32 Å². The highest BCUT2D eigenvalue weighted by molar-refractivity contribution is 6.74. The van der Waals surface area contributed by atoms with Crippen molar-refractivity contribution in [3.8, 4) is 0 Å². The van der Waals surface area contributed by atoms with Gasteiger partial charge in [-0.2, -0.15) is 0 Å². The number of carbonyl (C=O) groups is 1. The number of carbonyl (C=O) groups excluding carboxylic acids is 1. The summed E-state index contributed by atoms with van der Waals surface area (Å²) >= 11 is 0. The molecule has 116 valence electrons. The first kappa shape index (κ1) is 17.4. The van der Waals surface area contributed by atoms with Crippen LogP contribution in [0.25, 0.3) is 0 Å². The third-order valence-corrected chi connectivity index (χ3v) is 8.84. The van der Waals surface area contributed by atoms with Crippen LogP contribution in [0.4, 0.5) is 0 Å². The molecule has 0 aromatic rings. The van der Waals surface area contributed by atoms with Gasteiger partial charge in [0.2, 0.25) is 0 Å². The molecule has 1 rings (SSSR count). The van der Waals surface area contributed by atoms with Gasteiger partial charge in [-0.1, -0.05) is 33.3 Å². The zero-order chi connectivity index (χ0) is 15.4. The molecule has 0 saturated heterocycles. The van der Waals surface area contributed by atoms with E-state index in [1.165, 1.54) is 6.92 Å². The van der Waals surface area contributed by atoms with Crippen LogP contribution in [-0.2, 0) is 14.0 Å².